The number of nitrogens with one attached hydrogen (secondary N) is 3. The Morgan fingerprint density at radius 1 is 0.840 bits per heavy atom. The highest BCUT2D eigenvalue weighted by Gasteiger charge is 2.13. The number of carbonyl (C=O) groups excluding carboxylic acids is 1. The van der Waals surface area contributed by atoms with Crippen LogP contribution in [0.2, 0.25) is 0 Å². The van der Waals surface area contributed by atoms with Crippen molar-refractivity contribution < 1.29 is 13.2 Å². The van der Waals surface area contributed by atoms with Gasteiger partial charge in [-0.15, -0.1) is 0 Å². The molecule has 6 nitrogen and oxygen atoms in total. The Morgan fingerprint density at radius 2 is 1.32 bits per heavy atom. The molecule has 0 saturated heterocycles. The van der Waals surface area contributed by atoms with Crippen LogP contribution in [0, 0.1) is 0 Å². The second kappa shape index (κ2) is 8.02. The topological polar surface area (TPSA) is 87.3 Å². The van der Waals surface area contributed by atoms with E-state index in [1.54, 1.807) is 24.3 Å². The average Bonchev–Trinajstić information content (AvgIpc) is 2.54. The smallest absolute Gasteiger partial charge is 0.315 e. The molecular formula is C18H23N3O3S. The number of hydrogen-bond donors (Lipinski definition) is 3. The summed E-state index contributed by atoms with van der Waals surface area (Å²) in [7, 11) is -3.30. The molecular weight excluding hydrogens is 338 g/mol. The van der Waals surface area contributed by atoms with E-state index < -0.39 is 10.0 Å². The van der Waals surface area contributed by atoms with Gasteiger partial charge in [0.15, 0.2) is 0 Å². The Balaban J connectivity index is 1.92. The van der Waals surface area contributed by atoms with Crippen molar-refractivity contribution in [2.45, 2.75) is 25.9 Å². The molecule has 2 aromatic carbocycles. The molecule has 25 heavy (non-hydrogen) atoms. The van der Waals surface area contributed by atoms with E-state index in [-0.39, 0.29) is 18.1 Å². The minimum Gasteiger partial charge on any atom is -0.332 e. The lowest BCUT2D eigenvalue weighted by atomic mass is 10.1. The largest absolute Gasteiger partial charge is 0.332 e. The predicted octanol–water partition coefficient (Wildman–Crippen LogP) is 3.18. The van der Waals surface area contributed by atoms with Gasteiger partial charge in [-0.25, -0.2) is 13.2 Å². The molecule has 3 N–H and O–H groups in total. The lowest BCUT2D eigenvalue weighted by Crippen LogP contribution is -2.38. The summed E-state index contributed by atoms with van der Waals surface area (Å²) < 4.78 is 24.8. The van der Waals surface area contributed by atoms with Gasteiger partial charge in [0.05, 0.1) is 18.3 Å². The van der Waals surface area contributed by atoms with Crippen molar-refractivity contribution in [1.82, 2.24) is 10.6 Å². The van der Waals surface area contributed by atoms with E-state index in [1.165, 1.54) is 0 Å². The van der Waals surface area contributed by atoms with E-state index in [9.17, 15) is 13.2 Å². The van der Waals surface area contributed by atoms with Crippen LogP contribution in [0.3, 0.4) is 0 Å². The highest BCUT2D eigenvalue weighted by molar-refractivity contribution is 7.92. The summed E-state index contributed by atoms with van der Waals surface area (Å²) in [5.74, 6) is 0. The van der Waals surface area contributed by atoms with Gasteiger partial charge in [0.2, 0.25) is 10.0 Å². The first kappa shape index (κ1) is 18.8. The molecule has 0 fully saturated rings. The van der Waals surface area contributed by atoms with Gasteiger partial charge < -0.3 is 10.6 Å². The zero-order valence-electron chi connectivity index (χ0n) is 14.5. The summed E-state index contributed by atoms with van der Waals surface area (Å²) in [5, 5.41) is 5.77. The van der Waals surface area contributed by atoms with Gasteiger partial charge in [0, 0.05) is 5.69 Å². The maximum absolute atomic E-state index is 12.2. The normalized spacial score (nSPS) is 13.6. The average molecular weight is 361 g/mol. The molecule has 0 unspecified atom stereocenters. The number of carbonyl (C=O) groups is 1. The summed E-state index contributed by atoms with van der Waals surface area (Å²) in [4.78, 5) is 12.2. The van der Waals surface area contributed by atoms with Crippen LogP contribution in [0.15, 0.2) is 54.6 Å². The molecule has 2 atom stereocenters. The fraction of sp³-hybridized carbons (Fsp3) is 0.278. The summed E-state index contributed by atoms with van der Waals surface area (Å²) in [5.41, 5.74) is 2.39. The summed E-state index contributed by atoms with van der Waals surface area (Å²) in [6.07, 6.45) is 1.10. The van der Waals surface area contributed by atoms with Crippen molar-refractivity contribution in [3.05, 3.63) is 65.7 Å². The summed E-state index contributed by atoms with van der Waals surface area (Å²) >= 11 is 0. The second-order valence-electron chi connectivity index (χ2n) is 5.97. The van der Waals surface area contributed by atoms with Crippen LogP contribution >= 0.6 is 0 Å². The van der Waals surface area contributed by atoms with Crippen molar-refractivity contribution in [1.29, 1.82) is 0 Å². The summed E-state index contributed by atoms with van der Waals surface area (Å²) in [6.45, 7) is 3.79. The maximum atomic E-state index is 12.2. The lowest BCUT2D eigenvalue weighted by molar-refractivity contribution is 0.235. The molecule has 0 aliphatic rings. The Hall–Kier alpha value is -2.54. The minimum atomic E-state index is -3.30. The third-order valence-electron chi connectivity index (χ3n) is 3.71. The Morgan fingerprint density at radius 3 is 1.80 bits per heavy atom. The van der Waals surface area contributed by atoms with Crippen LogP contribution < -0.4 is 15.4 Å². The third kappa shape index (κ3) is 6.11. The monoisotopic (exact) mass is 361 g/mol. The molecule has 2 amide bonds. The van der Waals surface area contributed by atoms with E-state index in [4.69, 9.17) is 0 Å². The molecule has 2 aromatic rings. The zero-order chi connectivity index (χ0) is 18.4. The second-order valence-corrected chi connectivity index (χ2v) is 7.72. The first-order chi connectivity index (χ1) is 11.7. The standard InChI is InChI=1S/C18H23N3O3S/c1-13(15-7-5-4-6-8-15)19-18(22)20-14(2)16-9-11-17(12-10-16)21-25(3,23)24/h4-14,21H,1-3H3,(H2,19,20,22)/t13-,14+/m0/s1. The summed E-state index contributed by atoms with van der Waals surface area (Å²) in [6, 6.07) is 16.0. The van der Waals surface area contributed by atoms with E-state index in [2.05, 4.69) is 15.4 Å². The van der Waals surface area contributed by atoms with Crippen molar-refractivity contribution in [3.8, 4) is 0 Å². The number of sulfonamides is 1. The van der Waals surface area contributed by atoms with E-state index in [1.807, 2.05) is 44.2 Å². The van der Waals surface area contributed by atoms with Crippen LogP contribution in [0.1, 0.15) is 37.1 Å². The molecule has 134 valence electrons. The zero-order valence-corrected chi connectivity index (χ0v) is 15.3. The fourth-order valence-corrected chi connectivity index (χ4v) is 2.96. The van der Waals surface area contributed by atoms with Crippen molar-refractivity contribution in [2.24, 2.45) is 0 Å². The van der Waals surface area contributed by atoms with Gasteiger partial charge in [-0.3, -0.25) is 4.72 Å². The van der Waals surface area contributed by atoms with Gasteiger partial charge in [-0.05, 0) is 37.1 Å². The van der Waals surface area contributed by atoms with Crippen molar-refractivity contribution >= 4 is 21.7 Å². The highest BCUT2D eigenvalue weighted by atomic mass is 32.2. The van der Waals surface area contributed by atoms with Gasteiger partial charge in [-0.1, -0.05) is 42.5 Å². The molecule has 0 saturated carbocycles. The van der Waals surface area contributed by atoms with Crippen molar-refractivity contribution in [2.75, 3.05) is 11.0 Å². The molecule has 0 aromatic heterocycles. The molecule has 0 radical (unpaired) electrons. The quantitative estimate of drug-likeness (QED) is 0.738. The highest BCUT2D eigenvalue weighted by Crippen LogP contribution is 2.17. The number of hydrogen-bond acceptors (Lipinski definition) is 3. The Labute approximate surface area is 148 Å². The Bertz CT molecular complexity index is 805. The minimum absolute atomic E-state index is 0.102. The molecule has 0 aliphatic carbocycles. The number of amides is 2. The van der Waals surface area contributed by atoms with E-state index in [0.717, 1.165) is 17.4 Å². The fourth-order valence-electron chi connectivity index (χ4n) is 2.40. The van der Waals surface area contributed by atoms with Crippen molar-refractivity contribution in [3.63, 3.8) is 0 Å². The van der Waals surface area contributed by atoms with E-state index in [0.29, 0.717) is 5.69 Å². The van der Waals surface area contributed by atoms with Gasteiger partial charge >= 0.3 is 6.03 Å². The van der Waals surface area contributed by atoms with Gasteiger partial charge in [0.25, 0.3) is 0 Å². The molecule has 0 aliphatic heterocycles. The molecule has 0 spiro atoms. The number of benzene rings is 2. The van der Waals surface area contributed by atoms with Crippen LogP contribution in [0.25, 0.3) is 0 Å². The van der Waals surface area contributed by atoms with E-state index >= 15 is 0 Å². The number of rotatable bonds is 6. The Kier molecular flexibility index (Phi) is 6.03. The first-order valence-electron chi connectivity index (χ1n) is 7.94. The third-order valence-corrected chi connectivity index (χ3v) is 4.32. The van der Waals surface area contributed by atoms with Crippen LogP contribution in [-0.4, -0.2) is 20.7 Å². The maximum Gasteiger partial charge on any atom is 0.315 e. The molecule has 2 rings (SSSR count). The number of urea groups is 1. The van der Waals surface area contributed by atoms with Gasteiger partial charge in [0.1, 0.15) is 0 Å². The first-order valence-corrected chi connectivity index (χ1v) is 9.83. The lowest BCUT2D eigenvalue weighted by Gasteiger charge is -2.19. The van der Waals surface area contributed by atoms with Gasteiger partial charge in [-0.2, -0.15) is 0 Å². The predicted molar refractivity (Wildman–Crippen MR) is 99.8 cm³/mol. The van der Waals surface area contributed by atoms with Crippen LogP contribution in [0.5, 0.6) is 0 Å². The molecule has 0 bridgehead atoms. The molecule has 0 heterocycles. The number of anilines is 1. The van der Waals surface area contributed by atoms with Crippen LogP contribution in [0.4, 0.5) is 10.5 Å². The SMILES string of the molecule is C[C@H](NC(=O)N[C@H](C)c1ccc(NS(C)(=O)=O)cc1)c1ccccc1. The molecule has 7 heteroatoms. The van der Waals surface area contributed by atoms with Crippen LogP contribution in [-0.2, 0) is 10.0 Å².